The molecule has 0 atom stereocenters. The maximum Gasteiger partial charge on any atom is 0.255 e. The monoisotopic (exact) mass is 269 g/mol. The van der Waals surface area contributed by atoms with Gasteiger partial charge in [-0.25, -0.2) is 0 Å². The van der Waals surface area contributed by atoms with Gasteiger partial charge in [0.15, 0.2) is 0 Å². The second kappa shape index (κ2) is 5.97. The van der Waals surface area contributed by atoms with Crippen molar-refractivity contribution in [2.45, 2.75) is 13.8 Å². The number of aromatic nitrogens is 1. The van der Waals surface area contributed by atoms with E-state index in [1.807, 2.05) is 6.92 Å². The topological polar surface area (TPSA) is 71.1 Å². The van der Waals surface area contributed by atoms with E-state index in [1.54, 1.807) is 42.6 Å². The summed E-state index contributed by atoms with van der Waals surface area (Å²) in [6.07, 6.45) is 1.67. The van der Waals surface area contributed by atoms with Gasteiger partial charge in [0.2, 0.25) is 5.91 Å². The molecule has 0 spiro atoms. The smallest absolute Gasteiger partial charge is 0.255 e. The number of carbonyl (C=O) groups excluding carboxylic acids is 2. The summed E-state index contributed by atoms with van der Waals surface area (Å²) < 4.78 is 0. The van der Waals surface area contributed by atoms with Crippen LogP contribution in [0, 0.1) is 6.92 Å². The van der Waals surface area contributed by atoms with Crippen molar-refractivity contribution >= 4 is 23.2 Å². The van der Waals surface area contributed by atoms with Crippen LogP contribution in [0.1, 0.15) is 23.0 Å². The first kappa shape index (κ1) is 13.7. The molecule has 2 amide bonds. The molecule has 20 heavy (non-hydrogen) atoms. The van der Waals surface area contributed by atoms with E-state index in [-0.39, 0.29) is 11.8 Å². The molecule has 5 nitrogen and oxygen atoms in total. The Balaban J connectivity index is 2.17. The van der Waals surface area contributed by atoms with Crippen LogP contribution in [0.3, 0.4) is 0 Å². The van der Waals surface area contributed by atoms with Gasteiger partial charge in [0, 0.05) is 24.4 Å². The number of amides is 2. The minimum absolute atomic E-state index is 0.175. The van der Waals surface area contributed by atoms with E-state index < -0.39 is 0 Å². The number of nitrogens with zero attached hydrogens (tertiary/aromatic N) is 1. The van der Waals surface area contributed by atoms with Gasteiger partial charge in [-0.2, -0.15) is 0 Å². The van der Waals surface area contributed by atoms with E-state index in [2.05, 4.69) is 15.6 Å². The highest BCUT2D eigenvalue weighted by atomic mass is 16.2. The predicted octanol–water partition coefficient (Wildman–Crippen LogP) is 2.60. The van der Waals surface area contributed by atoms with Crippen LogP contribution < -0.4 is 10.6 Å². The van der Waals surface area contributed by atoms with Crippen molar-refractivity contribution in [2.24, 2.45) is 0 Å². The summed E-state index contributed by atoms with van der Waals surface area (Å²) in [4.78, 5) is 27.3. The van der Waals surface area contributed by atoms with Crippen LogP contribution in [-0.4, -0.2) is 16.8 Å². The molecule has 0 aliphatic rings. The Labute approximate surface area is 117 Å². The van der Waals surface area contributed by atoms with E-state index in [0.717, 1.165) is 5.69 Å². The Morgan fingerprint density at radius 1 is 1.10 bits per heavy atom. The molecule has 0 saturated carbocycles. The highest BCUT2D eigenvalue weighted by molar-refractivity contribution is 6.05. The van der Waals surface area contributed by atoms with Crippen LogP contribution in [0.2, 0.25) is 0 Å². The third kappa shape index (κ3) is 3.41. The number of aryl methyl sites for hydroxylation is 1. The molecule has 1 aromatic carbocycles. The number of rotatable bonds is 3. The molecule has 1 aromatic heterocycles. The van der Waals surface area contributed by atoms with Crippen LogP contribution in [0.4, 0.5) is 11.4 Å². The van der Waals surface area contributed by atoms with E-state index in [9.17, 15) is 9.59 Å². The number of hydrogen-bond acceptors (Lipinski definition) is 3. The molecule has 0 aliphatic heterocycles. The zero-order valence-corrected chi connectivity index (χ0v) is 11.3. The molecule has 2 N–H and O–H groups in total. The first-order valence-electron chi connectivity index (χ1n) is 6.17. The van der Waals surface area contributed by atoms with Crippen molar-refractivity contribution < 1.29 is 9.59 Å². The van der Waals surface area contributed by atoms with Gasteiger partial charge in [-0.1, -0.05) is 6.07 Å². The quantitative estimate of drug-likeness (QED) is 0.899. The number of anilines is 2. The lowest BCUT2D eigenvalue weighted by Crippen LogP contribution is -2.14. The zero-order valence-electron chi connectivity index (χ0n) is 11.3. The Morgan fingerprint density at radius 2 is 1.90 bits per heavy atom. The zero-order chi connectivity index (χ0) is 14.5. The van der Waals surface area contributed by atoms with E-state index in [0.29, 0.717) is 16.9 Å². The normalized spacial score (nSPS) is 9.90. The van der Waals surface area contributed by atoms with Gasteiger partial charge in [0.1, 0.15) is 0 Å². The fourth-order valence-electron chi connectivity index (χ4n) is 1.75. The molecule has 1 heterocycles. The third-order valence-corrected chi connectivity index (χ3v) is 2.70. The highest BCUT2D eigenvalue weighted by Crippen LogP contribution is 2.15. The summed E-state index contributed by atoms with van der Waals surface area (Å²) in [5, 5.41) is 5.44. The number of nitrogens with one attached hydrogen (secondary N) is 2. The number of pyridine rings is 1. The van der Waals surface area contributed by atoms with Gasteiger partial charge in [0.25, 0.3) is 5.91 Å². The molecule has 5 heteroatoms. The average molecular weight is 269 g/mol. The maximum absolute atomic E-state index is 12.2. The summed E-state index contributed by atoms with van der Waals surface area (Å²) in [6, 6.07) is 10.3. The van der Waals surface area contributed by atoms with Crippen molar-refractivity contribution in [3.05, 3.63) is 53.9 Å². The third-order valence-electron chi connectivity index (χ3n) is 2.70. The molecular formula is C15H15N3O2. The molecule has 0 fully saturated rings. The van der Waals surface area contributed by atoms with E-state index >= 15 is 0 Å². The molecule has 102 valence electrons. The van der Waals surface area contributed by atoms with Gasteiger partial charge in [0.05, 0.1) is 11.4 Å². The van der Waals surface area contributed by atoms with E-state index in [4.69, 9.17) is 0 Å². The second-order valence-corrected chi connectivity index (χ2v) is 4.35. The Hall–Kier alpha value is -2.69. The van der Waals surface area contributed by atoms with Gasteiger partial charge in [-0.15, -0.1) is 0 Å². The minimum Gasteiger partial charge on any atom is -0.326 e. The largest absolute Gasteiger partial charge is 0.326 e. The van der Waals surface area contributed by atoms with Crippen LogP contribution in [0.25, 0.3) is 0 Å². The fraction of sp³-hybridized carbons (Fsp3) is 0.133. The minimum atomic E-state index is -0.242. The van der Waals surface area contributed by atoms with Gasteiger partial charge >= 0.3 is 0 Å². The first-order valence-corrected chi connectivity index (χ1v) is 6.17. The molecule has 0 unspecified atom stereocenters. The second-order valence-electron chi connectivity index (χ2n) is 4.35. The SMILES string of the molecule is CC(=O)Nc1cccc(C(=O)Nc2cccnc2C)c1. The van der Waals surface area contributed by atoms with Gasteiger partial charge in [-0.05, 0) is 37.3 Å². The molecule has 2 rings (SSSR count). The summed E-state index contributed by atoms with van der Waals surface area (Å²) in [7, 11) is 0. The summed E-state index contributed by atoms with van der Waals surface area (Å²) >= 11 is 0. The molecule has 0 saturated heterocycles. The summed E-state index contributed by atoms with van der Waals surface area (Å²) in [5.74, 6) is -0.418. The van der Waals surface area contributed by atoms with E-state index in [1.165, 1.54) is 6.92 Å². The van der Waals surface area contributed by atoms with Crippen molar-refractivity contribution in [3.8, 4) is 0 Å². The lowest BCUT2D eigenvalue weighted by Gasteiger charge is -2.08. The lowest BCUT2D eigenvalue weighted by atomic mass is 10.1. The predicted molar refractivity (Wildman–Crippen MR) is 77.7 cm³/mol. The van der Waals surface area contributed by atoms with Crippen LogP contribution in [0.15, 0.2) is 42.6 Å². The Morgan fingerprint density at radius 3 is 2.60 bits per heavy atom. The standard InChI is InChI=1S/C15H15N3O2/c1-10-14(7-4-8-16-10)18-15(20)12-5-3-6-13(9-12)17-11(2)19/h3-9H,1-2H3,(H,17,19)(H,18,20). The van der Waals surface area contributed by atoms with Crippen molar-refractivity contribution in [3.63, 3.8) is 0 Å². The Kier molecular flexibility index (Phi) is 4.10. The van der Waals surface area contributed by atoms with Crippen LogP contribution in [0.5, 0.6) is 0 Å². The number of carbonyl (C=O) groups is 2. The van der Waals surface area contributed by atoms with Crippen molar-refractivity contribution in [1.29, 1.82) is 0 Å². The Bertz CT molecular complexity index is 653. The van der Waals surface area contributed by atoms with Gasteiger partial charge in [-0.3, -0.25) is 14.6 Å². The van der Waals surface area contributed by atoms with Crippen molar-refractivity contribution in [1.82, 2.24) is 4.98 Å². The molecule has 2 aromatic rings. The first-order chi connectivity index (χ1) is 9.56. The molecule has 0 aliphatic carbocycles. The molecule has 0 radical (unpaired) electrons. The number of benzene rings is 1. The van der Waals surface area contributed by atoms with Crippen LogP contribution in [-0.2, 0) is 4.79 Å². The highest BCUT2D eigenvalue weighted by Gasteiger charge is 2.08. The summed E-state index contributed by atoms with van der Waals surface area (Å²) in [5.41, 5.74) is 2.48. The number of hydrogen-bond donors (Lipinski definition) is 2. The molecule has 0 bridgehead atoms. The average Bonchev–Trinajstić information content (AvgIpc) is 2.41. The van der Waals surface area contributed by atoms with Crippen LogP contribution >= 0.6 is 0 Å². The van der Waals surface area contributed by atoms with Gasteiger partial charge < -0.3 is 10.6 Å². The lowest BCUT2D eigenvalue weighted by molar-refractivity contribution is -0.114. The summed E-state index contributed by atoms with van der Waals surface area (Å²) in [6.45, 7) is 3.25. The fourth-order valence-corrected chi connectivity index (χ4v) is 1.75. The molecular weight excluding hydrogens is 254 g/mol. The maximum atomic E-state index is 12.2. The van der Waals surface area contributed by atoms with Crippen molar-refractivity contribution in [2.75, 3.05) is 10.6 Å².